The fraction of sp³-hybridized carbons (Fsp3) is 1.00. The van der Waals surface area contributed by atoms with Gasteiger partial charge in [0.15, 0.2) is 0 Å². The predicted molar refractivity (Wildman–Crippen MR) is 83.0 cm³/mol. The second kappa shape index (κ2) is 5.93. The Labute approximate surface area is 124 Å². The SMILES string of the molecule is CC(CC1CCN(S(=O)(=O)C(C)(C)C)CC1)C(C)(C)O. The van der Waals surface area contributed by atoms with Crippen LogP contribution in [0.5, 0.6) is 0 Å². The average Bonchev–Trinajstić information content (AvgIpc) is 2.26. The van der Waals surface area contributed by atoms with Crippen molar-refractivity contribution in [2.75, 3.05) is 13.1 Å². The third kappa shape index (κ3) is 4.18. The van der Waals surface area contributed by atoms with Gasteiger partial charge < -0.3 is 5.11 Å². The molecule has 5 heteroatoms. The van der Waals surface area contributed by atoms with E-state index in [0.717, 1.165) is 19.3 Å². The first-order chi connectivity index (χ1) is 8.85. The van der Waals surface area contributed by atoms with E-state index < -0.39 is 20.4 Å². The van der Waals surface area contributed by atoms with Gasteiger partial charge in [-0.15, -0.1) is 0 Å². The van der Waals surface area contributed by atoms with Crippen LogP contribution in [0, 0.1) is 11.8 Å². The van der Waals surface area contributed by atoms with Crippen LogP contribution in [0.1, 0.15) is 60.8 Å². The predicted octanol–water partition coefficient (Wildman–Crippen LogP) is 2.62. The van der Waals surface area contributed by atoms with E-state index in [1.54, 1.807) is 25.1 Å². The van der Waals surface area contributed by atoms with E-state index in [9.17, 15) is 13.5 Å². The smallest absolute Gasteiger partial charge is 0.219 e. The van der Waals surface area contributed by atoms with Crippen molar-refractivity contribution < 1.29 is 13.5 Å². The Morgan fingerprint density at radius 3 is 1.95 bits per heavy atom. The van der Waals surface area contributed by atoms with E-state index >= 15 is 0 Å². The summed E-state index contributed by atoms with van der Waals surface area (Å²) in [6, 6.07) is 0. The molecule has 0 radical (unpaired) electrons. The highest BCUT2D eigenvalue weighted by Crippen LogP contribution is 2.32. The molecule has 1 atom stereocenters. The van der Waals surface area contributed by atoms with Crippen molar-refractivity contribution >= 4 is 10.0 Å². The number of piperidine rings is 1. The molecule has 0 aromatic rings. The molecule has 0 amide bonds. The fourth-order valence-electron chi connectivity index (χ4n) is 2.56. The van der Waals surface area contributed by atoms with Gasteiger partial charge in [-0.25, -0.2) is 12.7 Å². The summed E-state index contributed by atoms with van der Waals surface area (Å²) in [6.07, 6.45) is 2.76. The highest BCUT2D eigenvalue weighted by Gasteiger charge is 2.37. The van der Waals surface area contributed by atoms with Gasteiger partial charge in [0.1, 0.15) is 0 Å². The van der Waals surface area contributed by atoms with Crippen molar-refractivity contribution in [1.29, 1.82) is 0 Å². The van der Waals surface area contributed by atoms with E-state index in [-0.39, 0.29) is 5.92 Å². The Bertz CT molecular complexity index is 409. The van der Waals surface area contributed by atoms with Gasteiger partial charge in [-0.2, -0.15) is 0 Å². The summed E-state index contributed by atoms with van der Waals surface area (Å²) in [5.74, 6) is 0.751. The molecular weight excluding hydrogens is 274 g/mol. The lowest BCUT2D eigenvalue weighted by molar-refractivity contribution is 0.0111. The number of sulfonamides is 1. The molecule has 0 bridgehead atoms. The van der Waals surface area contributed by atoms with Gasteiger partial charge in [-0.3, -0.25) is 0 Å². The van der Waals surface area contributed by atoms with Crippen molar-refractivity contribution in [1.82, 2.24) is 4.31 Å². The van der Waals surface area contributed by atoms with E-state index in [1.807, 2.05) is 13.8 Å². The van der Waals surface area contributed by atoms with Crippen LogP contribution < -0.4 is 0 Å². The molecule has 1 rings (SSSR count). The van der Waals surface area contributed by atoms with E-state index in [0.29, 0.717) is 19.0 Å². The Balaban J connectivity index is 2.57. The van der Waals surface area contributed by atoms with Crippen LogP contribution in [0.2, 0.25) is 0 Å². The quantitative estimate of drug-likeness (QED) is 0.868. The van der Waals surface area contributed by atoms with E-state index in [2.05, 4.69) is 6.92 Å². The average molecular weight is 305 g/mol. The zero-order valence-electron chi connectivity index (χ0n) is 13.8. The summed E-state index contributed by atoms with van der Waals surface area (Å²) in [4.78, 5) is 0. The van der Waals surface area contributed by atoms with Crippen molar-refractivity contribution in [3.05, 3.63) is 0 Å². The third-order valence-electron chi connectivity index (χ3n) is 4.58. The van der Waals surface area contributed by atoms with Gasteiger partial charge in [0.25, 0.3) is 0 Å². The van der Waals surface area contributed by atoms with Gasteiger partial charge in [0, 0.05) is 13.1 Å². The molecule has 1 fully saturated rings. The highest BCUT2D eigenvalue weighted by molar-refractivity contribution is 7.90. The summed E-state index contributed by atoms with van der Waals surface area (Å²) in [6.45, 7) is 12.2. The Hall–Kier alpha value is -0.130. The summed E-state index contributed by atoms with van der Waals surface area (Å²) >= 11 is 0. The number of hydrogen-bond donors (Lipinski definition) is 1. The van der Waals surface area contributed by atoms with E-state index in [4.69, 9.17) is 0 Å². The minimum absolute atomic E-state index is 0.235. The standard InChI is InChI=1S/C15H31NO3S/c1-12(15(5,6)17)11-13-7-9-16(10-8-13)20(18,19)14(2,3)4/h12-13,17H,7-11H2,1-6H3. The van der Waals surface area contributed by atoms with Crippen molar-refractivity contribution in [2.24, 2.45) is 11.8 Å². The molecule has 0 saturated carbocycles. The van der Waals surface area contributed by atoms with E-state index in [1.165, 1.54) is 0 Å². The first-order valence-corrected chi connectivity index (χ1v) is 9.02. The molecule has 1 saturated heterocycles. The molecule has 1 unspecified atom stereocenters. The molecule has 1 aliphatic rings. The monoisotopic (exact) mass is 305 g/mol. The van der Waals surface area contributed by atoms with Gasteiger partial charge >= 0.3 is 0 Å². The van der Waals surface area contributed by atoms with Crippen molar-refractivity contribution in [3.63, 3.8) is 0 Å². The van der Waals surface area contributed by atoms with Crippen LogP contribution in [0.15, 0.2) is 0 Å². The lowest BCUT2D eigenvalue weighted by atomic mass is 9.81. The maximum absolute atomic E-state index is 12.4. The molecule has 0 aliphatic carbocycles. The number of rotatable bonds is 4. The minimum atomic E-state index is -3.20. The fourth-order valence-corrected chi connectivity index (χ4v) is 4.03. The summed E-state index contributed by atoms with van der Waals surface area (Å²) in [7, 11) is -3.20. The molecule has 0 spiro atoms. The number of aliphatic hydroxyl groups is 1. The van der Waals surface area contributed by atoms with Crippen molar-refractivity contribution in [2.45, 2.75) is 71.2 Å². The highest BCUT2D eigenvalue weighted by atomic mass is 32.2. The van der Waals surface area contributed by atoms with Crippen LogP contribution in [0.25, 0.3) is 0 Å². The topological polar surface area (TPSA) is 57.6 Å². The molecule has 120 valence electrons. The molecule has 4 nitrogen and oxygen atoms in total. The molecule has 20 heavy (non-hydrogen) atoms. The molecule has 1 N–H and O–H groups in total. The first-order valence-electron chi connectivity index (χ1n) is 7.58. The molecule has 1 heterocycles. The number of nitrogens with zero attached hydrogens (tertiary/aromatic N) is 1. The minimum Gasteiger partial charge on any atom is -0.390 e. The summed E-state index contributed by atoms with van der Waals surface area (Å²) < 4.78 is 25.7. The van der Waals surface area contributed by atoms with Crippen LogP contribution >= 0.6 is 0 Å². The largest absolute Gasteiger partial charge is 0.390 e. The molecule has 0 aromatic carbocycles. The van der Waals surface area contributed by atoms with Gasteiger partial charge in [0.2, 0.25) is 10.0 Å². The zero-order chi connectivity index (χ0) is 15.8. The van der Waals surface area contributed by atoms with Gasteiger partial charge in [0.05, 0.1) is 10.3 Å². The zero-order valence-corrected chi connectivity index (χ0v) is 14.6. The Kier molecular flexibility index (Phi) is 5.32. The second-order valence-corrected chi connectivity index (χ2v) is 10.4. The van der Waals surface area contributed by atoms with Gasteiger partial charge in [-0.05, 0) is 65.7 Å². The molecular formula is C15H31NO3S. The third-order valence-corrected chi connectivity index (χ3v) is 7.17. The normalized spacial score (nSPS) is 21.9. The van der Waals surface area contributed by atoms with Gasteiger partial charge in [-0.1, -0.05) is 6.92 Å². The molecule has 1 aliphatic heterocycles. The maximum Gasteiger partial charge on any atom is 0.219 e. The first kappa shape index (κ1) is 17.9. The van der Waals surface area contributed by atoms with Crippen LogP contribution in [0.4, 0.5) is 0 Å². The van der Waals surface area contributed by atoms with Crippen LogP contribution in [0.3, 0.4) is 0 Å². The maximum atomic E-state index is 12.4. The van der Waals surface area contributed by atoms with Crippen LogP contribution in [-0.4, -0.2) is 41.3 Å². The molecule has 0 aromatic heterocycles. The van der Waals surface area contributed by atoms with Crippen LogP contribution in [-0.2, 0) is 10.0 Å². The Morgan fingerprint density at radius 1 is 1.15 bits per heavy atom. The second-order valence-electron chi connectivity index (χ2n) is 7.75. The summed E-state index contributed by atoms with van der Waals surface area (Å²) in [5.41, 5.74) is -0.658. The Morgan fingerprint density at radius 2 is 1.60 bits per heavy atom. The summed E-state index contributed by atoms with van der Waals surface area (Å²) in [5, 5.41) is 10.00. The van der Waals surface area contributed by atoms with Crippen molar-refractivity contribution in [3.8, 4) is 0 Å². The lowest BCUT2D eigenvalue weighted by Crippen LogP contribution is -2.47. The lowest BCUT2D eigenvalue weighted by Gasteiger charge is -2.37. The number of hydrogen-bond acceptors (Lipinski definition) is 3.